The summed E-state index contributed by atoms with van der Waals surface area (Å²) < 4.78 is 0. The van der Waals surface area contributed by atoms with Gasteiger partial charge in [0.15, 0.2) is 0 Å². The predicted molar refractivity (Wildman–Crippen MR) is 85.4 cm³/mol. The molecule has 4 heteroatoms. The molecule has 0 fully saturated rings. The van der Waals surface area contributed by atoms with E-state index in [9.17, 15) is 0 Å². The van der Waals surface area contributed by atoms with Gasteiger partial charge in [-0.3, -0.25) is 5.01 Å². The highest BCUT2D eigenvalue weighted by Gasteiger charge is 2.08. The number of pyridine rings is 1. The van der Waals surface area contributed by atoms with Crippen molar-refractivity contribution in [2.75, 3.05) is 5.01 Å². The molecule has 0 bridgehead atoms. The lowest BCUT2D eigenvalue weighted by Gasteiger charge is -2.21. The molecule has 4 nitrogen and oxygen atoms in total. The Kier molecular flexibility index (Phi) is 2.71. The normalized spacial score (nSPS) is 13.6. The van der Waals surface area contributed by atoms with Gasteiger partial charge in [0, 0.05) is 23.5 Å². The number of aromatic amines is 1. The second-order valence-electron chi connectivity index (χ2n) is 4.88. The van der Waals surface area contributed by atoms with Crippen LogP contribution in [0, 0.1) is 0 Å². The van der Waals surface area contributed by atoms with E-state index in [0.29, 0.717) is 0 Å². The summed E-state index contributed by atoms with van der Waals surface area (Å²) in [6.45, 7) is 0. The first kappa shape index (κ1) is 11.8. The lowest BCUT2D eigenvalue weighted by Crippen LogP contribution is -2.30. The van der Waals surface area contributed by atoms with E-state index in [4.69, 9.17) is 0 Å². The Morgan fingerprint density at radius 1 is 1.00 bits per heavy atom. The first-order chi connectivity index (χ1) is 10.4. The van der Waals surface area contributed by atoms with Crippen LogP contribution in [0.1, 0.15) is 0 Å². The van der Waals surface area contributed by atoms with Crippen LogP contribution < -0.4 is 10.4 Å². The van der Waals surface area contributed by atoms with Crippen molar-refractivity contribution in [3.05, 3.63) is 73.2 Å². The molecular formula is C17H14N4. The Balaban J connectivity index is 1.75. The van der Waals surface area contributed by atoms with Crippen molar-refractivity contribution in [2.45, 2.75) is 0 Å². The third kappa shape index (κ3) is 2.17. The number of allylic oxidation sites excluding steroid dienone is 2. The van der Waals surface area contributed by atoms with Crippen LogP contribution in [-0.4, -0.2) is 9.97 Å². The molecule has 1 aliphatic rings. The lowest BCUT2D eigenvalue weighted by atomic mass is 10.1. The molecule has 0 saturated heterocycles. The van der Waals surface area contributed by atoms with Crippen LogP contribution in [0.3, 0.4) is 0 Å². The molecule has 3 aromatic rings. The van der Waals surface area contributed by atoms with E-state index in [1.807, 2.05) is 54.0 Å². The first-order valence-corrected chi connectivity index (χ1v) is 6.83. The van der Waals surface area contributed by atoms with E-state index in [1.54, 1.807) is 0 Å². The van der Waals surface area contributed by atoms with Crippen molar-refractivity contribution in [2.24, 2.45) is 0 Å². The number of anilines is 1. The minimum atomic E-state index is 0.897. The zero-order valence-electron chi connectivity index (χ0n) is 11.3. The number of hydrogen-bond acceptors (Lipinski definition) is 3. The summed E-state index contributed by atoms with van der Waals surface area (Å²) in [5.74, 6) is 0. The maximum Gasteiger partial charge on any atom is 0.137 e. The Labute approximate surface area is 122 Å². The quantitative estimate of drug-likeness (QED) is 0.750. The molecule has 1 aromatic carbocycles. The number of nitrogens with one attached hydrogen (secondary N) is 2. The number of H-pyrrole nitrogens is 1. The Hall–Kier alpha value is -3.01. The zero-order chi connectivity index (χ0) is 14.1. The van der Waals surface area contributed by atoms with Crippen molar-refractivity contribution in [1.82, 2.24) is 15.4 Å². The highest BCUT2D eigenvalue weighted by molar-refractivity contribution is 5.85. The molecule has 2 N–H and O–H groups in total. The molecule has 1 aliphatic heterocycles. The second kappa shape index (κ2) is 4.83. The molecule has 102 valence electrons. The number of rotatable bonds is 2. The summed E-state index contributed by atoms with van der Waals surface area (Å²) in [5.41, 5.74) is 7.30. The fourth-order valence-corrected chi connectivity index (χ4v) is 2.43. The molecule has 0 unspecified atom stereocenters. The standard InChI is InChI=1S/C17H14N4/c1-2-6-13(7-3-1)16-11-14-10-15(12-18-17(14)20-16)21-9-5-4-8-19-21/h1-12,19H,(H,18,20). The van der Waals surface area contributed by atoms with Gasteiger partial charge in [0.05, 0.1) is 11.9 Å². The molecule has 21 heavy (non-hydrogen) atoms. The van der Waals surface area contributed by atoms with Gasteiger partial charge in [-0.25, -0.2) is 4.98 Å². The van der Waals surface area contributed by atoms with Gasteiger partial charge in [0.2, 0.25) is 0 Å². The number of nitrogens with zero attached hydrogens (tertiary/aromatic N) is 2. The van der Waals surface area contributed by atoms with Crippen molar-refractivity contribution in [3.8, 4) is 11.3 Å². The van der Waals surface area contributed by atoms with Crippen LogP contribution in [0.5, 0.6) is 0 Å². The van der Waals surface area contributed by atoms with Gasteiger partial charge >= 0.3 is 0 Å². The SMILES string of the molecule is C1=CNN(c2cnc3[nH]c(-c4ccccc4)cc3c2)C=C1. The molecular weight excluding hydrogens is 260 g/mol. The second-order valence-corrected chi connectivity index (χ2v) is 4.88. The molecule has 0 amide bonds. The van der Waals surface area contributed by atoms with Crippen molar-refractivity contribution in [3.63, 3.8) is 0 Å². The summed E-state index contributed by atoms with van der Waals surface area (Å²) >= 11 is 0. The molecule has 0 atom stereocenters. The van der Waals surface area contributed by atoms with Crippen LogP contribution in [0.4, 0.5) is 5.69 Å². The number of hydrogen-bond donors (Lipinski definition) is 2. The maximum absolute atomic E-state index is 4.51. The molecule has 4 rings (SSSR count). The van der Waals surface area contributed by atoms with Gasteiger partial charge < -0.3 is 10.4 Å². The molecule has 0 spiro atoms. The molecule has 0 saturated carbocycles. The van der Waals surface area contributed by atoms with Crippen LogP contribution in [-0.2, 0) is 0 Å². The number of fused-ring (bicyclic) bond motifs is 1. The molecule has 3 heterocycles. The Morgan fingerprint density at radius 3 is 2.71 bits per heavy atom. The topological polar surface area (TPSA) is 44.0 Å². The number of aromatic nitrogens is 2. The minimum absolute atomic E-state index is 0.897. The highest BCUT2D eigenvalue weighted by Crippen LogP contribution is 2.25. The molecule has 0 radical (unpaired) electrons. The highest BCUT2D eigenvalue weighted by atomic mass is 15.5. The smallest absolute Gasteiger partial charge is 0.137 e. The average molecular weight is 274 g/mol. The summed E-state index contributed by atoms with van der Waals surface area (Å²) in [6.07, 6.45) is 9.63. The maximum atomic E-state index is 4.51. The third-order valence-corrected chi connectivity index (χ3v) is 3.47. The Bertz CT molecular complexity index is 830. The van der Waals surface area contributed by atoms with Gasteiger partial charge in [-0.1, -0.05) is 30.3 Å². The van der Waals surface area contributed by atoms with Gasteiger partial charge in [-0.05, 0) is 29.8 Å². The van der Waals surface area contributed by atoms with E-state index >= 15 is 0 Å². The van der Waals surface area contributed by atoms with Gasteiger partial charge in [-0.15, -0.1) is 0 Å². The van der Waals surface area contributed by atoms with Crippen LogP contribution >= 0.6 is 0 Å². The summed E-state index contributed by atoms with van der Waals surface area (Å²) in [6, 6.07) is 14.5. The van der Waals surface area contributed by atoms with E-state index in [2.05, 4.69) is 39.7 Å². The average Bonchev–Trinajstić information content (AvgIpc) is 2.99. The fourth-order valence-electron chi connectivity index (χ4n) is 2.43. The van der Waals surface area contributed by atoms with E-state index in [0.717, 1.165) is 28.0 Å². The van der Waals surface area contributed by atoms with Gasteiger partial charge in [0.1, 0.15) is 5.65 Å². The monoisotopic (exact) mass is 274 g/mol. The zero-order valence-corrected chi connectivity index (χ0v) is 11.3. The van der Waals surface area contributed by atoms with Crippen LogP contribution in [0.15, 0.2) is 73.2 Å². The van der Waals surface area contributed by atoms with Crippen LogP contribution in [0.2, 0.25) is 0 Å². The molecule has 2 aromatic heterocycles. The van der Waals surface area contributed by atoms with E-state index in [-0.39, 0.29) is 0 Å². The van der Waals surface area contributed by atoms with Crippen molar-refractivity contribution in [1.29, 1.82) is 0 Å². The predicted octanol–water partition coefficient (Wildman–Crippen LogP) is 3.58. The largest absolute Gasteiger partial charge is 0.339 e. The lowest BCUT2D eigenvalue weighted by molar-refractivity contribution is 0.866. The minimum Gasteiger partial charge on any atom is -0.339 e. The first-order valence-electron chi connectivity index (χ1n) is 6.83. The van der Waals surface area contributed by atoms with Gasteiger partial charge in [-0.2, -0.15) is 0 Å². The fraction of sp³-hybridized carbons (Fsp3) is 0. The Morgan fingerprint density at radius 2 is 1.90 bits per heavy atom. The third-order valence-electron chi connectivity index (χ3n) is 3.47. The van der Waals surface area contributed by atoms with Gasteiger partial charge in [0.25, 0.3) is 0 Å². The van der Waals surface area contributed by atoms with E-state index in [1.165, 1.54) is 0 Å². The van der Waals surface area contributed by atoms with Crippen LogP contribution in [0.25, 0.3) is 22.3 Å². The van der Waals surface area contributed by atoms with Crippen molar-refractivity contribution < 1.29 is 0 Å². The molecule has 0 aliphatic carbocycles. The number of benzene rings is 1. The van der Waals surface area contributed by atoms with Crippen molar-refractivity contribution >= 4 is 16.7 Å². The van der Waals surface area contributed by atoms with E-state index < -0.39 is 0 Å². The summed E-state index contributed by atoms with van der Waals surface area (Å²) in [4.78, 5) is 7.87. The summed E-state index contributed by atoms with van der Waals surface area (Å²) in [7, 11) is 0. The number of hydrazine groups is 1. The summed E-state index contributed by atoms with van der Waals surface area (Å²) in [5, 5.41) is 3.03.